The molecule has 1 atom stereocenters. The lowest BCUT2D eigenvalue weighted by atomic mass is 9.97. The average Bonchev–Trinajstić information content (AvgIpc) is 2.36. The first kappa shape index (κ1) is 16.5. The van der Waals surface area contributed by atoms with Gasteiger partial charge in [-0.25, -0.2) is 0 Å². The molecule has 0 spiro atoms. The summed E-state index contributed by atoms with van der Waals surface area (Å²) in [6.45, 7) is 1.28. The first-order valence-corrected chi connectivity index (χ1v) is 5.41. The minimum Gasteiger partial charge on any atom is -0.493 e. The maximum absolute atomic E-state index is 13.2. The minimum atomic E-state index is -5.86. The van der Waals surface area contributed by atoms with Gasteiger partial charge in [-0.3, -0.25) is 0 Å². The highest BCUT2D eigenvalue weighted by molar-refractivity contribution is 5.48. The van der Waals surface area contributed by atoms with Gasteiger partial charge in [-0.1, -0.05) is 0 Å². The fourth-order valence-electron chi connectivity index (χ4n) is 1.64. The normalized spacial score (nSPS) is 14.1. The fraction of sp³-hybridized carbons (Fsp3) is 0.500. The largest absolute Gasteiger partial charge is 0.493 e. The predicted molar refractivity (Wildman–Crippen MR) is 60.2 cm³/mol. The van der Waals surface area contributed by atoms with Crippen LogP contribution >= 0.6 is 0 Å². The number of hydrogen-bond acceptors (Lipinski definition) is 3. The third kappa shape index (κ3) is 2.79. The predicted octanol–water partition coefficient (Wildman–Crippen LogP) is 3.24. The minimum absolute atomic E-state index is 0.0269. The number of rotatable bonds is 4. The van der Waals surface area contributed by atoms with Crippen LogP contribution in [-0.4, -0.2) is 31.4 Å². The fourth-order valence-corrected chi connectivity index (χ4v) is 1.64. The number of benzene rings is 1. The Morgan fingerprint density at radius 3 is 1.85 bits per heavy atom. The summed E-state index contributed by atoms with van der Waals surface area (Å²) in [5.41, 5.74) is -0.552. The summed E-state index contributed by atoms with van der Waals surface area (Å²) in [6, 6.07) is 2.11. The van der Waals surface area contributed by atoms with Crippen molar-refractivity contribution in [2.45, 2.75) is 25.1 Å². The summed E-state index contributed by atoms with van der Waals surface area (Å²) in [6.07, 6.45) is -8.88. The summed E-state index contributed by atoms with van der Waals surface area (Å²) >= 11 is 0. The third-order valence-electron chi connectivity index (χ3n) is 2.79. The molecule has 0 aromatic heterocycles. The molecule has 0 bridgehead atoms. The second-order valence-corrected chi connectivity index (χ2v) is 4.09. The molecule has 3 nitrogen and oxygen atoms in total. The highest BCUT2D eigenvalue weighted by Gasteiger charge is 2.62. The molecule has 8 heteroatoms. The van der Waals surface area contributed by atoms with Crippen molar-refractivity contribution in [1.82, 2.24) is 0 Å². The molecule has 1 rings (SSSR count). The molecule has 114 valence electrons. The van der Waals surface area contributed by atoms with Gasteiger partial charge in [0.1, 0.15) is 0 Å². The number of aliphatic hydroxyl groups is 1. The van der Waals surface area contributed by atoms with Crippen LogP contribution in [0, 0.1) is 6.92 Å². The zero-order valence-corrected chi connectivity index (χ0v) is 10.9. The van der Waals surface area contributed by atoms with E-state index in [9.17, 15) is 27.1 Å². The topological polar surface area (TPSA) is 38.7 Å². The summed E-state index contributed by atoms with van der Waals surface area (Å²) in [5.74, 6) is -5.15. The third-order valence-corrected chi connectivity index (χ3v) is 2.79. The summed E-state index contributed by atoms with van der Waals surface area (Å²) in [5, 5.41) is 9.38. The van der Waals surface area contributed by atoms with Crippen LogP contribution in [0.2, 0.25) is 0 Å². The lowest BCUT2D eigenvalue weighted by molar-refractivity contribution is -0.315. The number of methoxy groups -OCH3 is 2. The first-order valence-electron chi connectivity index (χ1n) is 5.41. The van der Waals surface area contributed by atoms with Crippen molar-refractivity contribution in [1.29, 1.82) is 0 Å². The standard InChI is InChI=1S/C12H13F5O3/c1-6-4-8(19-2)9(20-3)5-7(6)10(18)11(13,14)12(15,16)17/h4-5,10,18H,1-3H3. The van der Waals surface area contributed by atoms with Crippen LogP contribution in [0.5, 0.6) is 11.5 Å². The van der Waals surface area contributed by atoms with Crippen molar-refractivity contribution >= 4 is 0 Å². The maximum Gasteiger partial charge on any atom is 0.456 e. The molecular formula is C12H13F5O3. The molecule has 1 N–H and O–H groups in total. The maximum atomic E-state index is 13.2. The van der Waals surface area contributed by atoms with Gasteiger partial charge < -0.3 is 14.6 Å². The average molecular weight is 300 g/mol. The number of halogens is 5. The Balaban J connectivity index is 3.33. The molecule has 0 amide bonds. The van der Waals surface area contributed by atoms with Crippen LogP contribution in [-0.2, 0) is 0 Å². The van der Waals surface area contributed by atoms with Gasteiger partial charge in [-0.15, -0.1) is 0 Å². The lowest BCUT2D eigenvalue weighted by Gasteiger charge is -2.26. The molecular weight excluding hydrogens is 287 g/mol. The zero-order chi connectivity index (χ0) is 15.7. The molecule has 0 heterocycles. The van der Waals surface area contributed by atoms with Crippen molar-refractivity contribution in [3.63, 3.8) is 0 Å². The van der Waals surface area contributed by atoms with E-state index in [1.165, 1.54) is 27.2 Å². The molecule has 1 unspecified atom stereocenters. The highest BCUT2D eigenvalue weighted by Crippen LogP contribution is 2.46. The van der Waals surface area contributed by atoms with E-state index in [0.29, 0.717) is 0 Å². The second kappa shape index (κ2) is 5.43. The monoisotopic (exact) mass is 300 g/mol. The van der Waals surface area contributed by atoms with E-state index in [1.807, 2.05) is 0 Å². The molecule has 0 fully saturated rings. The number of aryl methyl sites for hydroxylation is 1. The van der Waals surface area contributed by atoms with Crippen molar-refractivity contribution in [2.75, 3.05) is 14.2 Å². The molecule has 0 radical (unpaired) electrons. The highest BCUT2D eigenvalue weighted by atomic mass is 19.4. The SMILES string of the molecule is COc1cc(C)c(C(O)C(F)(F)C(F)(F)F)cc1OC. The Labute approximate surface area is 111 Å². The van der Waals surface area contributed by atoms with Crippen molar-refractivity contribution in [3.05, 3.63) is 23.3 Å². The van der Waals surface area contributed by atoms with Gasteiger partial charge in [0.25, 0.3) is 0 Å². The van der Waals surface area contributed by atoms with Gasteiger partial charge in [0, 0.05) is 0 Å². The van der Waals surface area contributed by atoms with Gasteiger partial charge in [-0.05, 0) is 30.2 Å². The van der Waals surface area contributed by atoms with E-state index in [-0.39, 0.29) is 17.1 Å². The van der Waals surface area contributed by atoms with E-state index in [1.54, 1.807) is 0 Å². The van der Waals surface area contributed by atoms with Crippen LogP contribution in [0.15, 0.2) is 12.1 Å². The first-order chi connectivity index (χ1) is 9.06. The summed E-state index contributed by atoms with van der Waals surface area (Å²) in [7, 11) is 2.49. The zero-order valence-electron chi connectivity index (χ0n) is 10.9. The Morgan fingerprint density at radius 2 is 1.45 bits per heavy atom. The van der Waals surface area contributed by atoms with Crippen LogP contribution in [0.1, 0.15) is 17.2 Å². The number of ether oxygens (including phenoxy) is 2. The molecule has 1 aromatic carbocycles. The number of hydrogen-bond donors (Lipinski definition) is 1. The summed E-state index contributed by atoms with van der Waals surface area (Å²) < 4.78 is 72.8. The van der Waals surface area contributed by atoms with Gasteiger partial charge in [0.05, 0.1) is 14.2 Å². The Kier molecular flexibility index (Phi) is 4.48. The smallest absolute Gasteiger partial charge is 0.456 e. The summed E-state index contributed by atoms with van der Waals surface area (Å²) in [4.78, 5) is 0. The van der Waals surface area contributed by atoms with Crippen LogP contribution < -0.4 is 9.47 Å². The number of aliphatic hydroxyl groups excluding tert-OH is 1. The Bertz CT molecular complexity index is 485. The molecule has 20 heavy (non-hydrogen) atoms. The number of alkyl halides is 5. The van der Waals surface area contributed by atoms with Crippen LogP contribution in [0.4, 0.5) is 22.0 Å². The van der Waals surface area contributed by atoms with E-state index in [0.717, 1.165) is 6.07 Å². The van der Waals surface area contributed by atoms with Crippen LogP contribution in [0.25, 0.3) is 0 Å². The van der Waals surface area contributed by atoms with Gasteiger partial charge in [0.2, 0.25) is 0 Å². The lowest BCUT2D eigenvalue weighted by Crippen LogP contribution is -2.42. The van der Waals surface area contributed by atoms with E-state index >= 15 is 0 Å². The van der Waals surface area contributed by atoms with Crippen LogP contribution in [0.3, 0.4) is 0 Å². The van der Waals surface area contributed by atoms with E-state index < -0.39 is 23.8 Å². The van der Waals surface area contributed by atoms with E-state index in [2.05, 4.69) is 0 Å². The Hall–Kier alpha value is -1.57. The van der Waals surface area contributed by atoms with Crippen molar-refractivity contribution < 1.29 is 36.5 Å². The van der Waals surface area contributed by atoms with Gasteiger partial charge in [0.15, 0.2) is 17.6 Å². The molecule has 1 aromatic rings. The molecule has 0 saturated carbocycles. The van der Waals surface area contributed by atoms with Gasteiger partial charge >= 0.3 is 12.1 Å². The molecule has 0 aliphatic rings. The molecule has 0 saturated heterocycles. The molecule has 0 aliphatic heterocycles. The van der Waals surface area contributed by atoms with Crippen molar-refractivity contribution in [2.24, 2.45) is 0 Å². The quantitative estimate of drug-likeness (QED) is 0.868. The Morgan fingerprint density at radius 1 is 1.00 bits per heavy atom. The van der Waals surface area contributed by atoms with E-state index in [4.69, 9.17) is 9.47 Å². The second-order valence-electron chi connectivity index (χ2n) is 4.09. The van der Waals surface area contributed by atoms with Crippen molar-refractivity contribution in [3.8, 4) is 11.5 Å². The molecule has 0 aliphatic carbocycles. The van der Waals surface area contributed by atoms with Gasteiger partial charge in [-0.2, -0.15) is 22.0 Å².